The van der Waals surface area contributed by atoms with Crippen molar-refractivity contribution in [3.8, 4) is 0 Å². The van der Waals surface area contributed by atoms with Crippen molar-refractivity contribution in [2.45, 2.75) is 46.0 Å². The lowest BCUT2D eigenvalue weighted by Gasteiger charge is -2.21. The first-order valence-corrected chi connectivity index (χ1v) is 9.12. The average molecular weight is 346 g/mol. The topological polar surface area (TPSA) is 85.3 Å². The molecule has 0 spiro atoms. The number of nitrogens with two attached hydrogens (primary N) is 1. The number of nitrogens with one attached hydrogen (secondary N) is 1. The lowest BCUT2D eigenvalue weighted by molar-refractivity contribution is 0.1000. The second-order valence-corrected chi connectivity index (χ2v) is 7.42. The van der Waals surface area contributed by atoms with E-state index in [0.717, 1.165) is 31.2 Å². The number of amides is 2. The first-order valence-electron chi connectivity index (χ1n) is 8.31. The van der Waals surface area contributed by atoms with E-state index in [1.807, 2.05) is 0 Å². The number of carbonyl (C=O) groups is 2. The molecular weight excluding hydrogens is 324 g/mol. The highest BCUT2D eigenvalue weighted by Gasteiger charge is 2.28. The number of furan rings is 1. The van der Waals surface area contributed by atoms with Gasteiger partial charge in [-0.25, -0.2) is 0 Å². The molecule has 3 N–H and O–H groups in total. The molecule has 2 heterocycles. The van der Waals surface area contributed by atoms with Crippen molar-refractivity contribution in [2.75, 3.05) is 5.32 Å². The van der Waals surface area contributed by atoms with E-state index in [4.69, 9.17) is 10.2 Å². The number of hydrogen-bond donors (Lipinski definition) is 2. The van der Waals surface area contributed by atoms with E-state index in [-0.39, 0.29) is 5.91 Å². The Hall–Kier alpha value is -2.08. The fourth-order valence-electron chi connectivity index (χ4n) is 3.45. The van der Waals surface area contributed by atoms with Gasteiger partial charge in [0.05, 0.1) is 17.4 Å². The van der Waals surface area contributed by atoms with Gasteiger partial charge in [0.1, 0.15) is 10.8 Å². The first-order chi connectivity index (χ1) is 11.5. The van der Waals surface area contributed by atoms with Gasteiger partial charge >= 0.3 is 0 Å². The summed E-state index contributed by atoms with van der Waals surface area (Å²) < 4.78 is 5.17. The summed E-state index contributed by atoms with van der Waals surface area (Å²) in [5.41, 5.74) is 7.58. The standard InChI is InChI=1S/C18H22N2O3S/c1-3-4-11-5-6-13-14(9-11)24-18(15(13)16(19)21)20-17(22)12-7-8-23-10(12)2/h7-8,11H,3-6,9H2,1-2H3,(H2,19,21)(H,20,22). The van der Waals surface area contributed by atoms with Crippen LogP contribution in [0.25, 0.3) is 0 Å². The van der Waals surface area contributed by atoms with E-state index in [2.05, 4.69) is 12.2 Å². The summed E-state index contributed by atoms with van der Waals surface area (Å²) in [5.74, 6) is 0.465. The number of anilines is 1. The molecule has 0 saturated heterocycles. The third-order valence-electron chi connectivity index (χ3n) is 4.64. The van der Waals surface area contributed by atoms with Crippen LogP contribution < -0.4 is 11.1 Å². The molecule has 0 radical (unpaired) electrons. The van der Waals surface area contributed by atoms with Crippen molar-refractivity contribution in [1.82, 2.24) is 0 Å². The highest BCUT2D eigenvalue weighted by atomic mass is 32.1. The van der Waals surface area contributed by atoms with E-state index >= 15 is 0 Å². The molecule has 6 heteroatoms. The summed E-state index contributed by atoms with van der Waals surface area (Å²) >= 11 is 1.49. The summed E-state index contributed by atoms with van der Waals surface area (Å²) in [6.45, 7) is 3.93. The van der Waals surface area contributed by atoms with Crippen molar-refractivity contribution < 1.29 is 14.0 Å². The number of primary amides is 1. The maximum atomic E-state index is 12.4. The molecule has 128 valence electrons. The molecule has 0 fully saturated rings. The van der Waals surface area contributed by atoms with Gasteiger partial charge in [0.25, 0.3) is 11.8 Å². The minimum absolute atomic E-state index is 0.271. The minimum Gasteiger partial charge on any atom is -0.469 e. The molecule has 1 aliphatic carbocycles. The molecule has 1 unspecified atom stereocenters. The summed E-state index contributed by atoms with van der Waals surface area (Å²) in [6, 6.07) is 1.62. The Kier molecular flexibility index (Phi) is 4.76. The third-order valence-corrected chi connectivity index (χ3v) is 5.81. The molecule has 0 bridgehead atoms. The van der Waals surface area contributed by atoms with Crippen LogP contribution in [0.1, 0.15) is 63.1 Å². The van der Waals surface area contributed by atoms with Crippen LogP contribution >= 0.6 is 11.3 Å². The van der Waals surface area contributed by atoms with Gasteiger partial charge in [0, 0.05) is 4.88 Å². The van der Waals surface area contributed by atoms with E-state index in [9.17, 15) is 9.59 Å². The maximum absolute atomic E-state index is 12.4. The number of aryl methyl sites for hydroxylation is 1. The maximum Gasteiger partial charge on any atom is 0.259 e. The van der Waals surface area contributed by atoms with Gasteiger partial charge in [-0.15, -0.1) is 11.3 Å². The summed E-state index contributed by atoms with van der Waals surface area (Å²) in [6.07, 6.45) is 6.74. The molecule has 3 rings (SSSR count). The zero-order chi connectivity index (χ0) is 17.3. The zero-order valence-electron chi connectivity index (χ0n) is 14.0. The van der Waals surface area contributed by atoms with E-state index in [1.165, 1.54) is 28.9 Å². The normalized spacial score (nSPS) is 16.7. The first kappa shape index (κ1) is 16.8. The number of thiophene rings is 1. The molecule has 2 amide bonds. The van der Waals surface area contributed by atoms with Gasteiger partial charge in [0.2, 0.25) is 0 Å². The molecule has 2 aromatic heterocycles. The van der Waals surface area contributed by atoms with Crippen molar-refractivity contribution >= 4 is 28.2 Å². The summed E-state index contributed by atoms with van der Waals surface area (Å²) in [4.78, 5) is 25.6. The van der Waals surface area contributed by atoms with Crippen molar-refractivity contribution in [3.63, 3.8) is 0 Å². The molecular formula is C18H22N2O3S. The van der Waals surface area contributed by atoms with Gasteiger partial charge in [-0.2, -0.15) is 0 Å². The molecule has 24 heavy (non-hydrogen) atoms. The van der Waals surface area contributed by atoms with Crippen LogP contribution in [0.15, 0.2) is 16.7 Å². The molecule has 0 saturated carbocycles. The van der Waals surface area contributed by atoms with Gasteiger partial charge in [-0.1, -0.05) is 19.8 Å². The predicted molar refractivity (Wildman–Crippen MR) is 94.7 cm³/mol. The fraction of sp³-hybridized carbons (Fsp3) is 0.444. The molecule has 2 aromatic rings. The Morgan fingerprint density at radius 2 is 2.25 bits per heavy atom. The smallest absolute Gasteiger partial charge is 0.259 e. The molecule has 5 nitrogen and oxygen atoms in total. The molecule has 0 aromatic carbocycles. The average Bonchev–Trinajstić information content (AvgIpc) is 3.10. The largest absolute Gasteiger partial charge is 0.469 e. The number of hydrogen-bond acceptors (Lipinski definition) is 4. The number of rotatable bonds is 5. The number of carbonyl (C=O) groups excluding carboxylic acids is 2. The van der Waals surface area contributed by atoms with Crippen LogP contribution in [0.3, 0.4) is 0 Å². The van der Waals surface area contributed by atoms with E-state index < -0.39 is 5.91 Å². The Morgan fingerprint density at radius 3 is 2.88 bits per heavy atom. The fourth-order valence-corrected chi connectivity index (χ4v) is 4.81. The summed E-state index contributed by atoms with van der Waals surface area (Å²) in [7, 11) is 0. The van der Waals surface area contributed by atoms with Crippen LogP contribution in [0.4, 0.5) is 5.00 Å². The molecule has 1 aliphatic rings. The monoisotopic (exact) mass is 346 g/mol. The highest BCUT2D eigenvalue weighted by molar-refractivity contribution is 7.17. The van der Waals surface area contributed by atoms with E-state index in [1.54, 1.807) is 13.0 Å². The second kappa shape index (κ2) is 6.81. The predicted octanol–water partition coefficient (Wildman–Crippen LogP) is 3.91. The van der Waals surface area contributed by atoms with Crippen LogP contribution in [-0.2, 0) is 12.8 Å². The Morgan fingerprint density at radius 1 is 1.46 bits per heavy atom. The quantitative estimate of drug-likeness (QED) is 0.861. The second-order valence-electron chi connectivity index (χ2n) is 6.31. The van der Waals surface area contributed by atoms with Gasteiger partial charge in [-0.3, -0.25) is 9.59 Å². The molecule has 0 aliphatic heterocycles. The van der Waals surface area contributed by atoms with E-state index in [0.29, 0.717) is 27.8 Å². The summed E-state index contributed by atoms with van der Waals surface area (Å²) in [5, 5.41) is 3.42. The minimum atomic E-state index is -0.472. The highest BCUT2D eigenvalue weighted by Crippen LogP contribution is 2.40. The number of fused-ring (bicyclic) bond motifs is 1. The van der Waals surface area contributed by atoms with Crippen LogP contribution in [0.5, 0.6) is 0 Å². The Balaban J connectivity index is 1.90. The van der Waals surface area contributed by atoms with Gasteiger partial charge < -0.3 is 15.5 Å². The lowest BCUT2D eigenvalue weighted by Crippen LogP contribution is -2.20. The van der Waals surface area contributed by atoms with Crippen molar-refractivity contribution in [3.05, 3.63) is 39.7 Å². The van der Waals surface area contributed by atoms with Crippen molar-refractivity contribution in [2.24, 2.45) is 11.7 Å². The van der Waals surface area contributed by atoms with Gasteiger partial charge in [0.15, 0.2) is 0 Å². The Labute approximate surface area is 145 Å². The van der Waals surface area contributed by atoms with Crippen molar-refractivity contribution in [1.29, 1.82) is 0 Å². The Bertz CT molecular complexity index is 775. The zero-order valence-corrected chi connectivity index (χ0v) is 14.8. The van der Waals surface area contributed by atoms with Crippen LogP contribution in [0.2, 0.25) is 0 Å². The van der Waals surface area contributed by atoms with Gasteiger partial charge in [-0.05, 0) is 43.7 Å². The third kappa shape index (κ3) is 3.11. The lowest BCUT2D eigenvalue weighted by atomic mass is 9.84. The molecule has 1 atom stereocenters. The van der Waals surface area contributed by atoms with Crippen LogP contribution in [-0.4, -0.2) is 11.8 Å². The SMILES string of the molecule is CCCC1CCc2c(sc(NC(=O)c3ccoc3C)c2C(N)=O)C1. The van der Waals surface area contributed by atoms with Crippen LogP contribution in [0, 0.1) is 12.8 Å².